The van der Waals surface area contributed by atoms with Crippen molar-refractivity contribution in [1.82, 2.24) is 5.48 Å². The predicted octanol–water partition coefficient (Wildman–Crippen LogP) is 0.783. The molecule has 1 aromatic rings. The molecule has 0 unspecified atom stereocenters. The molecule has 0 saturated heterocycles. The highest BCUT2D eigenvalue weighted by Crippen LogP contribution is 2.14. The molecule has 3 amide bonds. The first kappa shape index (κ1) is 14.5. The van der Waals surface area contributed by atoms with E-state index < -0.39 is 18.6 Å². The molecule has 0 fully saturated rings. The highest BCUT2D eigenvalue weighted by atomic mass is 16.7. The van der Waals surface area contributed by atoms with Gasteiger partial charge in [-0.05, 0) is 18.2 Å². The number of anilines is 2. The van der Waals surface area contributed by atoms with E-state index in [2.05, 4.69) is 15.5 Å². The van der Waals surface area contributed by atoms with Crippen LogP contribution in [0.3, 0.4) is 0 Å². The molecule has 4 N–H and O–H groups in total. The van der Waals surface area contributed by atoms with Crippen molar-refractivity contribution in [2.45, 2.75) is 6.92 Å². The molecule has 19 heavy (non-hydrogen) atoms. The van der Waals surface area contributed by atoms with Crippen molar-refractivity contribution in [3.8, 4) is 0 Å². The van der Waals surface area contributed by atoms with Crippen LogP contribution in [0, 0.1) is 0 Å². The number of carbonyl (C=O) groups excluding carboxylic acids is 2. The normalized spacial score (nSPS) is 9.53. The molecule has 0 aliphatic carbocycles. The summed E-state index contributed by atoms with van der Waals surface area (Å²) in [6, 6.07) is 5.71. The maximum Gasteiger partial charge on any atom is 0.343 e. The molecule has 0 spiro atoms. The van der Waals surface area contributed by atoms with E-state index in [0.29, 0.717) is 11.4 Å². The van der Waals surface area contributed by atoms with Gasteiger partial charge in [-0.25, -0.2) is 15.1 Å². The van der Waals surface area contributed by atoms with E-state index in [4.69, 9.17) is 5.11 Å². The molecule has 0 radical (unpaired) electrons. The number of carboxylic acid groups (broad SMARTS) is 1. The molecule has 0 saturated carbocycles. The third-order valence-electron chi connectivity index (χ3n) is 1.80. The number of rotatable bonds is 5. The van der Waals surface area contributed by atoms with Crippen LogP contribution in [0.2, 0.25) is 0 Å². The van der Waals surface area contributed by atoms with Crippen LogP contribution in [0.25, 0.3) is 0 Å². The number of hydrogen-bond acceptors (Lipinski definition) is 4. The van der Waals surface area contributed by atoms with Crippen LogP contribution in [0.4, 0.5) is 16.2 Å². The Morgan fingerprint density at radius 3 is 2.42 bits per heavy atom. The number of nitrogens with one attached hydrogen (secondary N) is 3. The summed E-state index contributed by atoms with van der Waals surface area (Å²) in [5.41, 5.74) is 2.85. The Labute approximate surface area is 108 Å². The van der Waals surface area contributed by atoms with E-state index in [1.165, 1.54) is 13.0 Å². The molecular weight excluding hydrogens is 254 g/mol. The van der Waals surface area contributed by atoms with Crippen LogP contribution in [-0.2, 0) is 14.4 Å². The van der Waals surface area contributed by atoms with Crippen LogP contribution >= 0.6 is 0 Å². The summed E-state index contributed by atoms with van der Waals surface area (Å²) in [6.45, 7) is 0.728. The predicted molar refractivity (Wildman–Crippen MR) is 66.5 cm³/mol. The van der Waals surface area contributed by atoms with Crippen molar-refractivity contribution in [3.63, 3.8) is 0 Å². The molecule has 102 valence electrons. The number of aliphatic carboxylic acids is 1. The number of hydroxylamine groups is 1. The molecule has 0 heterocycles. The Morgan fingerprint density at radius 1 is 1.21 bits per heavy atom. The first-order chi connectivity index (χ1) is 8.97. The van der Waals surface area contributed by atoms with Gasteiger partial charge in [0.05, 0.1) is 0 Å². The maximum absolute atomic E-state index is 11.3. The zero-order valence-electron chi connectivity index (χ0n) is 10.1. The van der Waals surface area contributed by atoms with Gasteiger partial charge in [0.25, 0.3) is 0 Å². The highest BCUT2D eigenvalue weighted by Gasteiger charge is 2.04. The minimum absolute atomic E-state index is 0.230. The summed E-state index contributed by atoms with van der Waals surface area (Å²) in [7, 11) is 0. The Morgan fingerprint density at radius 2 is 1.84 bits per heavy atom. The van der Waals surface area contributed by atoms with Crippen molar-refractivity contribution in [3.05, 3.63) is 24.3 Å². The Bertz CT molecular complexity index is 489. The Kier molecular flexibility index (Phi) is 5.30. The molecule has 0 bridgehead atoms. The largest absolute Gasteiger partial charge is 0.479 e. The smallest absolute Gasteiger partial charge is 0.343 e. The summed E-state index contributed by atoms with van der Waals surface area (Å²) in [6.07, 6.45) is 0. The third-order valence-corrected chi connectivity index (χ3v) is 1.80. The van der Waals surface area contributed by atoms with Crippen LogP contribution in [0.5, 0.6) is 0 Å². The molecule has 8 heteroatoms. The van der Waals surface area contributed by atoms with Gasteiger partial charge in [0, 0.05) is 18.3 Å². The van der Waals surface area contributed by atoms with Crippen molar-refractivity contribution in [1.29, 1.82) is 0 Å². The van der Waals surface area contributed by atoms with E-state index in [-0.39, 0.29) is 5.91 Å². The molecule has 0 aliphatic heterocycles. The molecule has 1 rings (SSSR count). The van der Waals surface area contributed by atoms with Crippen molar-refractivity contribution in [2.75, 3.05) is 17.2 Å². The summed E-state index contributed by atoms with van der Waals surface area (Å²) < 4.78 is 0. The topological polar surface area (TPSA) is 117 Å². The average Bonchev–Trinajstić information content (AvgIpc) is 2.27. The standard InChI is InChI=1S/C11H13N3O5/c1-7(15)12-8-3-2-4-9(5-8)13-11(18)14-19-6-10(16)17/h2-5H,6H2,1H3,(H,12,15)(H,16,17)(H2,13,14,18). The van der Waals surface area contributed by atoms with E-state index in [9.17, 15) is 14.4 Å². The molecule has 8 nitrogen and oxygen atoms in total. The van der Waals surface area contributed by atoms with Gasteiger partial charge >= 0.3 is 12.0 Å². The third kappa shape index (κ3) is 6.03. The molecule has 1 aromatic carbocycles. The van der Waals surface area contributed by atoms with Gasteiger partial charge in [-0.3, -0.25) is 9.63 Å². The lowest BCUT2D eigenvalue weighted by Gasteiger charge is -2.08. The van der Waals surface area contributed by atoms with E-state index in [1.54, 1.807) is 18.2 Å². The molecule has 0 aliphatic rings. The fourth-order valence-electron chi connectivity index (χ4n) is 1.20. The summed E-state index contributed by atoms with van der Waals surface area (Å²) in [4.78, 5) is 36.7. The molecular formula is C11H13N3O5. The van der Waals surface area contributed by atoms with E-state index in [0.717, 1.165) is 0 Å². The number of benzene rings is 1. The van der Waals surface area contributed by atoms with Crippen LogP contribution in [0.15, 0.2) is 24.3 Å². The summed E-state index contributed by atoms with van der Waals surface area (Å²) in [5, 5.41) is 13.3. The lowest BCUT2D eigenvalue weighted by Crippen LogP contribution is -2.30. The Hall–Kier alpha value is -2.61. The molecule has 0 aromatic heterocycles. The Balaban J connectivity index is 2.49. The van der Waals surface area contributed by atoms with Crippen molar-refractivity contribution in [2.24, 2.45) is 0 Å². The second-order valence-corrected chi connectivity index (χ2v) is 3.50. The number of carboxylic acids is 1. The number of carbonyl (C=O) groups is 3. The second kappa shape index (κ2) is 6.97. The second-order valence-electron chi connectivity index (χ2n) is 3.50. The summed E-state index contributed by atoms with van der Waals surface area (Å²) in [5.74, 6) is -1.43. The van der Waals surface area contributed by atoms with E-state index >= 15 is 0 Å². The highest BCUT2D eigenvalue weighted by molar-refractivity contribution is 5.92. The minimum atomic E-state index is -1.20. The fraction of sp³-hybridized carbons (Fsp3) is 0.182. The van der Waals surface area contributed by atoms with Gasteiger partial charge < -0.3 is 15.7 Å². The number of amides is 3. The van der Waals surface area contributed by atoms with Crippen molar-refractivity contribution >= 4 is 29.3 Å². The number of urea groups is 1. The first-order valence-electron chi connectivity index (χ1n) is 5.25. The average molecular weight is 267 g/mol. The van der Waals surface area contributed by atoms with Crippen LogP contribution in [-0.4, -0.2) is 29.6 Å². The van der Waals surface area contributed by atoms with E-state index in [1.807, 2.05) is 5.48 Å². The van der Waals surface area contributed by atoms with Gasteiger partial charge in [-0.1, -0.05) is 6.07 Å². The maximum atomic E-state index is 11.3. The monoisotopic (exact) mass is 267 g/mol. The minimum Gasteiger partial charge on any atom is -0.479 e. The van der Waals surface area contributed by atoms with Crippen molar-refractivity contribution < 1.29 is 24.3 Å². The first-order valence-corrected chi connectivity index (χ1v) is 5.25. The lowest BCUT2D eigenvalue weighted by atomic mass is 10.3. The van der Waals surface area contributed by atoms with Gasteiger partial charge in [0.15, 0.2) is 6.61 Å². The quantitative estimate of drug-likeness (QED) is 0.588. The zero-order valence-corrected chi connectivity index (χ0v) is 10.1. The van der Waals surface area contributed by atoms with Crippen LogP contribution in [0.1, 0.15) is 6.92 Å². The summed E-state index contributed by atoms with van der Waals surface area (Å²) >= 11 is 0. The van der Waals surface area contributed by atoms with Gasteiger partial charge in [0.2, 0.25) is 5.91 Å². The van der Waals surface area contributed by atoms with Gasteiger partial charge in [-0.2, -0.15) is 0 Å². The lowest BCUT2D eigenvalue weighted by molar-refractivity contribution is -0.143. The molecule has 0 atom stereocenters. The van der Waals surface area contributed by atoms with Gasteiger partial charge in [0.1, 0.15) is 0 Å². The van der Waals surface area contributed by atoms with Gasteiger partial charge in [-0.15, -0.1) is 0 Å². The zero-order chi connectivity index (χ0) is 14.3. The number of hydrogen-bond donors (Lipinski definition) is 4. The van der Waals surface area contributed by atoms with Crippen LogP contribution < -0.4 is 16.1 Å². The SMILES string of the molecule is CC(=O)Nc1cccc(NC(=O)NOCC(=O)O)c1. The fourth-order valence-corrected chi connectivity index (χ4v) is 1.20.